The molecule has 0 saturated carbocycles. The summed E-state index contributed by atoms with van der Waals surface area (Å²) in [6.45, 7) is -1.80. The van der Waals surface area contributed by atoms with Crippen LogP contribution < -0.4 is 0 Å². The van der Waals surface area contributed by atoms with Gasteiger partial charge in [-0.15, -0.1) is 0 Å². The lowest BCUT2D eigenvalue weighted by molar-refractivity contribution is -0.144. The van der Waals surface area contributed by atoms with Crippen molar-refractivity contribution in [1.82, 2.24) is 4.90 Å². The Hall–Kier alpha value is -2.67. The normalized spacial score (nSPS) is 8.67. The molecule has 0 fully saturated rings. The standard InChI is InChI=1S/C6H9NO6.C2HNO2/c8-4(9)1-7(2-5(10)11)3-6(12)13;3-1-2(4)5/h1-3H2,(H,8,9)(H,10,11)(H,12,13);(H,4,5). The number of hydrogen-bond acceptors (Lipinski definition) is 6. The Morgan fingerprint density at radius 2 is 1.06 bits per heavy atom. The Labute approximate surface area is 100 Å². The molecule has 100 valence electrons. The molecule has 0 aromatic heterocycles. The predicted molar refractivity (Wildman–Crippen MR) is 52.6 cm³/mol. The molecular weight excluding hydrogens is 252 g/mol. The van der Waals surface area contributed by atoms with Crippen LogP contribution in [0.1, 0.15) is 0 Å². The molecule has 0 aromatic carbocycles. The molecule has 0 rings (SSSR count). The molecular formula is C8H10N2O8. The minimum Gasteiger partial charge on any atom is -0.480 e. The first kappa shape index (κ1) is 17.7. The monoisotopic (exact) mass is 262 g/mol. The summed E-state index contributed by atoms with van der Waals surface area (Å²) in [7, 11) is 0. The molecule has 10 heteroatoms. The topological polar surface area (TPSA) is 176 Å². The Bertz CT molecular complexity index is 334. The number of nitrogens with zero attached hydrogens (tertiary/aromatic N) is 2. The fourth-order valence-corrected chi connectivity index (χ4v) is 0.742. The third kappa shape index (κ3) is 15.8. The molecule has 0 unspecified atom stereocenters. The summed E-state index contributed by atoms with van der Waals surface area (Å²) in [5.74, 6) is -5.22. The third-order valence-electron chi connectivity index (χ3n) is 1.17. The molecule has 0 aliphatic heterocycles. The van der Waals surface area contributed by atoms with E-state index in [2.05, 4.69) is 0 Å². The summed E-state index contributed by atoms with van der Waals surface area (Å²) in [6.07, 6.45) is 0. The van der Waals surface area contributed by atoms with Crippen LogP contribution in [0.4, 0.5) is 0 Å². The SMILES string of the molecule is N#CC(=O)O.O=C(O)CN(CC(=O)O)CC(=O)O. The number of rotatable bonds is 6. The van der Waals surface area contributed by atoms with Crippen LogP contribution in [-0.4, -0.2) is 68.8 Å². The zero-order valence-electron chi connectivity index (χ0n) is 8.94. The zero-order valence-corrected chi connectivity index (χ0v) is 8.94. The number of nitriles is 1. The van der Waals surface area contributed by atoms with Crippen LogP contribution in [0.2, 0.25) is 0 Å². The van der Waals surface area contributed by atoms with Crippen molar-refractivity contribution in [2.24, 2.45) is 0 Å². The van der Waals surface area contributed by atoms with Crippen LogP contribution in [0.15, 0.2) is 0 Å². The van der Waals surface area contributed by atoms with Crippen molar-refractivity contribution in [3.8, 4) is 6.07 Å². The number of carbonyl (C=O) groups is 4. The molecule has 10 nitrogen and oxygen atoms in total. The summed E-state index contributed by atoms with van der Waals surface area (Å²) in [4.78, 5) is 40.2. The van der Waals surface area contributed by atoms with E-state index in [9.17, 15) is 14.4 Å². The van der Waals surface area contributed by atoms with Gasteiger partial charge in [0.15, 0.2) is 6.07 Å². The van der Waals surface area contributed by atoms with E-state index in [4.69, 9.17) is 30.5 Å². The molecule has 0 amide bonds. The Morgan fingerprint density at radius 1 is 0.833 bits per heavy atom. The Balaban J connectivity index is 0. The fourth-order valence-electron chi connectivity index (χ4n) is 0.742. The lowest BCUT2D eigenvalue weighted by Crippen LogP contribution is -2.38. The molecule has 0 aliphatic rings. The second-order valence-electron chi connectivity index (χ2n) is 2.74. The summed E-state index contributed by atoms with van der Waals surface area (Å²) < 4.78 is 0. The minimum absolute atomic E-state index is 0.599. The molecule has 0 aromatic rings. The number of aliphatic carboxylic acids is 4. The zero-order chi connectivity index (χ0) is 14.7. The van der Waals surface area contributed by atoms with Gasteiger partial charge < -0.3 is 20.4 Å². The molecule has 0 aliphatic carbocycles. The minimum atomic E-state index is -1.44. The van der Waals surface area contributed by atoms with E-state index in [-0.39, 0.29) is 0 Å². The van der Waals surface area contributed by atoms with Gasteiger partial charge in [0.2, 0.25) is 0 Å². The molecule has 0 radical (unpaired) electrons. The van der Waals surface area contributed by atoms with Crippen LogP contribution in [0.5, 0.6) is 0 Å². The van der Waals surface area contributed by atoms with Crippen LogP contribution in [0.3, 0.4) is 0 Å². The Kier molecular flexibility index (Phi) is 9.40. The van der Waals surface area contributed by atoms with E-state index in [1.54, 1.807) is 0 Å². The van der Waals surface area contributed by atoms with Gasteiger partial charge in [-0.05, 0) is 0 Å². The van der Waals surface area contributed by atoms with Crippen LogP contribution in [0, 0.1) is 11.3 Å². The summed E-state index contributed by atoms with van der Waals surface area (Å²) in [5, 5.41) is 39.5. The van der Waals surface area contributed by atoms with Crippen molar-refractivity contribution in [1.29, 1.82) is 5.26 Å². The van der Waals surface area contributed by atoms with Gasteiger partial charge in [0.05, 0.1) is 19.6 Å². The highest BCUT2D eigenvalue weighted by Crippen LogP contribution is 1.87. The molecule has 0 saturated heterocycles. The van der Waals surface area contributed by atoms with Crippen molar-refractivity contribution < 1.29 is 39.6 Å². The third-order valence-corrected chi connectivity index (χ3v) is 1.17. The van der Waals surface area contributed by atoms with Crippen LogP contribution in [0.25, 0.3) is 0 Å². The number of carboxylic acids is 4. The van der Waals surface area contributed by atoms with E-state index in [0.717, 1.165) is 11.0 Å². The van der Waals surface area contributed by atoms with Crippen molar-refractivity contribution in [2.45, 2.75) is 0 Å². The van der Waals surface area contributed by atoms with E-state index >= 15 is 0 Å². The second kappa shape index (κ2) is 9.55. The molecule has 0 heterocycles. The van der Waals surface area contributed by atoms with E-state index in [1.165, 1.54) is 0 Å². The summed E-state index contributed by atoms with van der Waals surface area (Å²) >= 11 is 0. The molecule has 4 N–H and O–H groups in total. The van der Waals surface area contributed by atoms with E-state index in [1.807, 2.05) is 0 Å². The van der Waals surface area contributed by atoms with Crippen molar-refractivity contribution in [3.63, 3.8) is 0 Å². The maximum Gasteiger partial charge on any atom is 0.408 e. The quantitative estimate of drug-likeness (QED) is 0.313. The van der Waals surface area contributed by atoms with Gasteiger partial charge in [0, 0.05) is 0 Å². The number of hydrogen-bond donors (Lipinski definition) is 4. The maximum atomic E-state index is 10.1. The fraction of sp³-hybridized carbons (Fsp3) is 0.375. The van der Waals surface area contributed by atoms with Gasteiger partial charge in [-0.3, -0.25) is 19.3 Å². The van der Waals surface area contributed by atoms with Gasteiger partial charge in [0.1, 0.15) is 0 Å². The largest absolute Gasteiger partial charge is 0.480 e. The van der Waals surface area contributed by atoms with Gasteiger partial charge in [0.25, 0.3) is 0 Å². The van der Waals surface area contributed by atoms with Crippen LogP contribution >= 0.6 is 0 Å². The first-order chi connectivity index (χ1) is 8.18. The smallest absolute Gasteiger partial charge is 0.408 e. The predicted octanol–water partition coefficient (Wildman–Crippen LogP) is -1.86. The second-order valence-corrected chi connectivity index (χ2v) is 2.74. The molecule has 0 atom stereocenters. The first-order valence-electron chi connectivity index (χ1n) is 4.19. The highest BCUT2D eigenvalue weighted by atomic mass is 16.4. The van der Waals surface area contributed by atoms with E-state index in [0.29, 0.717) is 0 Å². The van der Waals surface area contributed by atoms with Crippen LogP contribution in [-0.2, 0) is 19.2 Å². The average molecular weight is 262 g/mol. The maximum absolute atomic E-state index is 10.1. The lowest BCUT2D eigenvalue weighted by Gasteiger charge is -2.14. The highest BCUT2D eigenvalue weighted by molar-refractivity contribution is 5.83. The first-order valence-corrected chi connectivity index (χ1v) is 4.19. The average Bonchev–Trinajstić information content (AvgIpc) is 2.14. The highest BCUT2D eigenvalue weighted by Gasteiger charge is 2.15. The lowest BCUT2D eigenvalue weighted by atomic mass is 10.4. The van der Waals surface area contributed by atoms with Crippen molar-refractivity contribution in [2.75, 3.05) is 19.6 Å². The van der Waals surface area contributed by atoms with E-state index < -0.39 is 43.5 Å². The molecule has 0 spiro atoms. The van der Waals surface area contributed by atoms with Gasteiger partial charge in [-0.25, -0.2) is 4.79 Å². The molecule has 18 heavy (non-hydrogen) atoms. The summed E-state index contributed by atoms with van der Waals surface area (Å²) in [6, 6.07) is 0.944. The number of carboxylic acid groups (broad SMARTS) is 4. The Morgan fingerprint density at radius 3 is 1.17 bits per heavy atom. The van der Waals surface area contributed by atoms with Gasteiger partial charge in [-0.2, -0.15) is 5.26 Å². The van der Waals surface area contributed by atoms with Crippen molar-refractivity contribution in [3.05, 3.63) is 0 Å². The van der Waals surface area contributed by atoms with Crippen molar-refractivity contribution >= 4 is 23.9 Å². The van der Waals surface area contributed by atoms with Gasteiger partial charge in [-0.1, -0.05) is 0 Å². The van der Waals surface area contributed by atoms with Gasteiger partial charge >= 0.3 is 23.9 Å². The molecule has 0 bridgehead atoms. The summed E-state index contributed by atoms with van der Waals surface area (Å²) in [5.41, 5.74) is 0.